The van der Waals surface area contributed by atoms with E-state index in [4.69, 9.17) is 4.74 Å². The number of ether oxygens (including phenoxy) is 1. The zero-order valence-electron chi connectivity index (χ0n) is 13.5. The maximum atomic E-state index is 12.7. The number of benzene rings is 1. The van der Waals surface area contributed by atoms with E-state index in [2.05, 4.69) is 0 Å². The van der Waals surface area contributed by atoms with E-state index in [1.54, 1.807) is 4.90 Å². The highest BCUT2D eigenvalue weighted by atomic mass is 16.5. The lowest BCUT2D eigenvalue weighted by Gasteiger charge is -2.31. The number of fused-ring (bicyclic) bond motifs is 1. The predicted molar refractivity (Wildman–Crippen MR) is 85.1 cm³/mol. The normalized spacial score (nSPS) is 27.4. The van der Waals surface area contributed by atoms with Gasteiger partial charge in [-0.1, -0.05) is 26.0 Å². The van der Waals surface area contributed by atoms with Gasteiger partial charge in [0, 0.05) is 18.5 Å². The Balaban J connectivity index is 1.72. The van der Waals surface area contributed by atoms with Crippen molar-refractivity contribution in [1.82, 2.24) is 4.90 Å². The first-order valence-electron chi connectivity index (χ1n) is 7.77. The van der Waals surface area contributed by atoms with E-state index >= 15 is 0 Å². The van der Waals surface area contributed by atoms with Crippen molar-refractivity contribution in [3.05, 3.63) is 24.3 Å². The molecule has 0 spiro atoms. The highest BCUT2D eigenvalue weighted by Crippen LogP contribution is 2.38. The molecular formula is C17H24N2O3. The van der Waals surface area contributed by atoms with Crippen LogP contribution in [0.2, 0.25) is 0 Å². The topological polar surface area (TPSA) is 53.0 Å². The van der Waals surface area contributed by atoms with E-state index in [-0.39, 0.29) is 11.3 Å². The summed E-state index contributed by atoms with van der Waals surface area (Å²) in [7, 11) is 0. The number of hydrogen-bond donors (Lipinski definition) is 1. The van der Waals surface area contributed by atoms with E-state index in [9.17, 15) is 9.90 Å². The summed E-state index contributed by atoms with van der Waals surface area (Å²) >= 11 is 0. The molecule has 3 rings (SSSR count). The van der Waals surface area contributed by atoms with Crippen molar-refractivity contribution in [2.24, 2.45) is 5.41 Å². The Bertz CT molecular complexity index is 567. The number of anilines is 1. The second-order valence-corrected chi connectivity index (χ2v) is 7.16. The van der Waals surface area contributed by atoms with Gasteiger partial charge in [-0.25, -0.2) is 0 Å². The summed E-state index contributed by atoms with van der Waals surface area (Å²) in [6.45, 7) is 8.60. The van der Waals surface area contributed by atoms with Gasteiger partial charge in [-0.3, -0.25) is 9.69 Å². The third-order valence-electron chi connectivity index (χ3n) is 5.00. The molecule has 5 nitrogen and oxygen atoms in total. The lowest BCUT2D eigenvalue weighted by Crippen LogP contribution is -2.44. The summed E-state index contributed by atoms with van der Waals surface area (Å²) in [5.74, 6) is 0.820. The Kier molecular flexibility index (Phi) is 3.65. The number of carbonyl (C=O) groups excluding carboxylic acids is 1. The molecule has 1 fully saturated rings. The minimum atomic E-state index is -0.768. The minimum absolute atomic E-state index is 0.0595. The fraction of sp³-hybridized carbons (Fsp3) is 0.588. The lowest BCUT2D eigenvalue weighted by molar-refractivity contribution is -0.119. The van der Waals surface area contributed by atoms with E-state index in [1.165, 1.54) is 0 Å². The molecule has 1 saturated heterocycles. The molecule has 120 valence electrons. The first-order valence-corrected chi connectivity index (χ1v) is 7.77. The van der Waals surface area contributed by atoms with Gasteiger partial charge in [0.15, 0.2) is 0 Å². The minimum Gasteiger partial charge on any atom is -0.490 e. The summed E-state index contributed by atoms with van der Waals surface area (Å²) < 4.78 is 5.59. The van der Waals surface area contributed by atoms with Crippen LogP contribution in [0, 0.1) is 5.41 Å². The molecule has 1 atom stereocenters. The van der Waals surface area contributed by atoms with E-state index in [1.807, 2.05) is 49.9 Å². The van der Waals surface area contributed by atoms with E-state index in [0.717, 1.165) is 18.0 Å². The van der Waals surface area contributed by atoms with Crippen LogP contribution in [-0.4, -0.2) is 54.3 Å². The van der Waals surface area contributed by atoms with Gasteiger partial charge in [-0.2, -0.15) is 0 Å². The number of para-hydroxylation sites is 2. The number of nitrogens with zero attached hydrogens (tertiary/aromatic N) is 2. The number of likely N-dealkylation sites (tertiary alicyclic amines) is 1. The third kappa shape index (κ3) is 2.59. The van der Waals surface area contributed by atoms with Crippen LogP contribution in [0.4, 0.5) is 5.69 Å². The summed E-state index contributed by atoms with van der Waals surface area (Å²) in [6.07, 6.45) is 0. The zero-order chi connectivity index (χ0) is 16.0. The van der Waals surface area contributed by atoms with Gasteiger partial charge in [0.2, 0.25) is 5.91 Å². The number of amides is 1. The molecule has 1 amide bonds. The van der Waals surface area contributed by atoms with E-state index < -0.39 is 5.60 Å². The molecule has 2 aliphatic heterocycles. The summed E-state index contributed by atoms with van der Waals surface area (Å²) in [6, 6.07) is 7.62. The van der Waals surface area contributed by atoms with Crippen molar-refractivity contribution in [3.8, 4) is 5.75 Å². The molecule has 0 aromatic heterocycles. The quantitative estimate of drug-likeness (QED) is 0.900. The molecule has 0 radical (unpaired) electrons. The highest BCUT2D eigenvalue weighted by Gasteiger charge is 2.48. The molecular weight excluding hydrogens is 280 g/mol. The molecule has 0 unspecified atom stereocenters. The van der Waals surface area contributed by atoms with Crippen LogP contribution in [0.5, 0.6) is 5.75 Å². The van der Waals surface area contributed by atoms with Crippen molar-refractivity contribution in [2.45, 2.75) is 26.4 Å². The van der Waals surface area contributed by atoms with Crippen LogP contribution >= 0.6 is 0 Å². The van der Waals surface area contributed by atoms with Gasteiger partial charge >= 0.3 is 0 Å². The molecule has 1 N–H and O–H groups in total. The molecule has 1 aromatic rings. The standard InChI is InChI=1S/C17H24N2O3/c1-16(2)11-18(12-17(16,3)21)10-15(20)19-8-9-22-14-7-5-4-6-13(14)19/h4-7,21H,8-12H2,1-3H3/t17-/m0/s1. The fourth-order valence-electron chi connectivity index (χ4n) is 3.25. The fourth-order valence-corrected chi connectivity index (χ4v) is 3.25. The number of rotatable bonds is 2. The van der Waals surface area contributed by atoms with Gasteiger partial charge in [-0.05, 0) is 19.1 Å². The Morgan fingerprint density at radius 2 is 2.00 bits per heavy atom. The van der Waals surface area contributed by atoms with Crippen LogP contribution in [0.3, 0.4) is 0 Å². The number of aliphatic hydroxyl groups is 1. The molecule has 0 aliphatic carbocycles. The van der Waals surface area contributed by atoms with Crippen molar-refractivity contribution in [1.29, 1.82) is 0 Å². The summed E-state index contributed by atoms with van der Waals surface area (Å²) in [5.41, 5.74) is -0.143. The van der Waals surface area contributed by atoms with Crippen molar-refractivity contribution < 1.29 is 14.6 Å². The number of carbonyl (C=O) groups is 1. The van der Waals surface area contributed by atoms with Crippen LogP contribution in [0.25, 0.3) is 0 Å². The van der Waals surface area contributed by atoms with Gasteiger partial charge in [0.05, 0.1) is 24.4 Å². The predicted octanol–water partition coefficient (Wildman–Crippen LogP) is 1.50. The average Bonchev–Trinajstić information content (AvgIpc) is 2.65. The largest absolute Gasteiger partial charge is 0.490 e. The molecule has 5 heteroatoms. The smallest absolute Gasteiger partial charge is 0.241 e. The van der Waals surface area contributed by atoms with E-state index in [0.29, 0.717) is 26.2 Å². The van der Waals surface area contributed by atoms with Gasteiger partial charge in [-0.15, -0.1) is 0 Å². The first-order chi connectivity index (χ1) is 10.3. The molecule has 2 heterocycles. The maximum absolute atomic E-state index is 12.7. The second-order valence-electron chi connectivity index (χ2n) is 7.16. The molecule has 2 aliphatic rings. The Morgan fingerprint density at radius 1 is 1.27 bits per heavy atom. The lowest BCUT2D eigenvalue weighted by atomic mass is 9.79. The molecule has 0 saturated carbocycles. The van der Waals surface area contributed by atoms with Gasteiger partial charge in [0.1, 0.15) is 12.4 Å². The third-order valence-corrected chi connectivity index (χ3v) is 5.00. The van der Waals surface area contributed by atoms with Crippen molar-refractivity contribution >= 4 is 11.6 Å². The van der Waals surface area contributed by atoms with Gasteiger partial charge < -0.3 is 14.7 Å². The second kappa shape index (κ2) is 5.25. The maximum Gasteiger partial charge on any atom is 0.241 e. The monoisotopic (exact) mass is 304 g/mol. The molecule has 1 aromatic carbocycles. The van der Waals surface area contributed by atoms with Crippen LogP contribution < -0.4 is 9.64 Å². The Morgan fingerprint density at radius 3 is 2.68 bits per heavy atom. The highest BCUT2D eigenvalue weighted by molar-refractivity contribution is 5.96. The summed E-state index contributed by atoms with van der Waals surface area (Å²) in [5, 5.41) is 10.5. The Labute approximate surface area is 131 Å². The van der Waals surface area contributed by atoms with Gasteiger partial charge in [0.25, 0.3) is 0 Å². The summed E-state index contributed by atoms with van der Waals surface area (Å²) in [4.78, 5) is 16.5. The van der Waals surface area contributed by atoms with Crippen molar-refractivity contribution in [2.75, 3.05) is 37.7 Å². The zero-order valence-corrected chi connectivity index (χ0v) is 13.5. The molecule has 22 heavy (non-hydrogen) atoms. The van der Waals surface area contributed by atoms with Crippen LogP contribution in [0.15, 0.2) is 24.3 Å². The SMILES string of the molecule is CC1(C)CN(CC(=O)N2CCOc3ccccc32)C[C@]1(C)O. The van der Waals surface area contributed by atoms with Crippen LogP contribution in [0.1, 0.15) is 20.8 Å². The molecule has 0 bridgehead atoms. The van der Waals surface area contributed by atoms with Crippen LogP contribution in [-0.2, 0) is 4.79 Å². The Hall–Kier alpha value is -1.59. The number of hydrogen-bond acceptors (Lipinski definition) is 4. The first kappa shape index (κ1) is 15.3. The average molecular weight is 304 g/mol. The van der Waals surface area contributed by atoms with Crippen molar-refractivity contribution in [3.63, 3.8) is 0 Å². The number of β-amino-alcohol motifs (C(OH)–C–C–N with tert-alkyl or cyclic N) is 1.